The van der Waals surface area contributed by atoms with E-state index in [-0.39, 0.29) is 0 Å². The maximum Gasteiger partial charge on any atom is 0.180 e. The molecule has 0 fully saturated rings. The number of hydrogen-bond donors (Lipinski definition) is 0. The van der Waals surface area contributed by atoms with Gasteiger partial charge in [-0.2, -0.15) is 0 Å². The summed E-state index contributed by atoms with van der Waals surface area (Å²) in [7, 11) is -5.34. The highest BCUT2D eigenvalue weighted by molar-refractivity contribution is 7.22. The van der Waals surface area contributed by atoms with Gasteiger partial charge in [-0.1, -0.05) is 243 Å². The second-order valence-corrected chi connectivity index (χ2v) is 27.9. The molecule has 2 nitrogen and oxygen atoms in total. The summed E-state index contributed by atoms with van der Waals surface area (Å²) in [5.74, 6) is 0. The van der Waals surface area contributed by atoms with E-state index in [1.807, 2.05) is 0 Å². The molecule has 0 amide bonds. The van der Waals surface area contributed by atoms with Gasteiger partial charge in [0.1, 0.15) is 0 Å². The summed E-state index contributed by atoms with van der Waals surface area (Å²) < 4.78 is 4.95. The van der Waals surface area contributed by atoms with Gasteiger partial charge in [0.2, 0.25) is 0 Å². The van der Waals surface area contributed by atoms with Crippen LogP contribution in [0, 0.1) is 0 Å². The molecule has 1 aliphatic heterocycles. The number of rotatable bonds is 9. The largest absolute Gasteiger partial charge is 0.309 e. The first kappa shape index (κ1) is 44.2. The lowest BCUT2D eigenvalue weighted by atomic mass is 9.98. The first-order valence-electron chi connectivity index (χ1n) is 26.4. The van der Waals surface area contributed by atoms with E-state index in [1.54, 1.807) is 0 Å². The number of hydrogen-bond acceptors (Lipinski definition) is 0. The first-order valence-corrected chi connectivity index (χ1v) is 30.4. The van der Waals surface area contributed by atoms with Gasteiger partial charge in [-0.25, -0.2) is 0 Å². The molecule has 0 N–H and O–H groups in total. The van der Waals surface area contributed by atoms with Crippen molar-refractivity contribution in [3.8, 4) is 33.6 Å². The SMILES string of the molecule is c1ccc([Si](c2ccccc2)(c2ccccc2)c2cccc(-n3c4ccccc4c4cc(-n5c6ccccc6c6cc(-c7ccc8c(c7)-c7ccccc7[Si]8(c7ccccc7)c7ccccc7)ccc65)ccc43)c2)cc1. The number of fused-ring (bicyclic) bond motifs is 9. The fraction of sp³-hybridized carbons (Fsp3) is 0. The van der Waals surface area contributed by atoms with E-state index in [2.05, 4.69) is 312 Å². The van der Waals surface area contributed by atoms with Crippen LogP contribution in [0.1, 0.15) is 0 Å². The van der Waals surface area contributed by atoms with Crippen LogP contribution in [0.15, 0.2) is 303 Å². The Bertz CT molecular complexity index is 4370. The Balaban J connectivity index is 0.875. The van der Waals surface area contributed by atoms with Gasteiger partial charge < -0.3 is 9.13 Å². The van der Waals surface area contributed by atoms with Crippen molar-refractivity contribution in [1.82, 2.24) is 9.13 Å². The first-order chi connectivity index (χ1) is 37.7. The third kappa shape index (κ3) is 6.51. The number of nitrogens with zero attached hydrogens (tertiary/aromatic N) is 2. The van der Waals surface area contributed by atoms with Gasteiger partial charge >= 0.3 is 0 Å². The summed E-state index contributed by atoms with van der Waals surface area (Å²) in [6.07, 6.45) is 0. The lowest BCUT2D eigenvalue weighted by molar-refractivity contribution is 1.17. The van der Waals surface area contributed by atoms with Crippen molar-refractivity contribution < 1.29 is 0 Å². The molecule has 0 radical (unpaired) electrons. The highest BCUT2D eigenvalue weighted by Crippen LogP contribution is 2.39. The van der Waals surface area contributed by atoms with Gasteiger partial charge in [-0.15, -0.1) is 0 Å². The predicted octanol–water partition coefficient (Wildman–Crippen LogP) is 12.3. The van der Waals surface area contributed by atoms with Crippen LogP contribution in [-0.4, -0.2) is 25.3 Å². The second kappa shape index (κ2) is 17.7. The summed E-state index contributed by atoms with van der Waals surface area (Å²) in [4.78, 5) is 0. The third-order valence-electron chi connectivity index (χ3n) is 16.5. The molecule has 356 valence electrons. The summed E-state index contributed by atoms with van der Waals surface area (Å²) in [5, 5.41) is 16.1. The van der Waals surface area contributed by atoms with Crippen LogP contribution in [-0.2, 0) is 0 Å². The van der Waals surface area contributed by atoms with Crippen molar-refractivity contribution in [2.24, 2.45) is 0 Å². The molecular weight excluding hydrogens is 949 g/mol. The molecule has 3 heterocycles. The van der Waals surface area contributed by atoms with Gasteiger partial charge in [-0.3, -0.25) is 0 Å². The van der Waals surface area contributed by atoms with E-state index >= 15 is 0 Å². The average molecular weight is 999 g/mol. The predicted molar refractivity (Wildman–Crippen MR) is 327 cm³/mol. The minimum Gasteiger partial charge on any atom is -0.309 e. The maximum atomic E-state index is 2.48. The molecule has 0 aliphatic carbocycles. The topological polar surface area (TPSA) is 9.86 Å². The van der Waals surface area contributed by atoms with Crippen LogP contribution >= 0.6 is 0 Å². The maximum absolute atomic E-state index is 2.77. The third-order valence-corrected chi connectivity index (χ3v) is 26.2. The summed E-state index contributed by atoms with van der Waals surface area (Å²) in [6.45, 7) is 0. The Kier molecular flexibility index (Phi) is 10.3. The van der Waals surface area contributed by atoms with E-state index < -0.39 is 16.1 Å². The molecule has 0 bridgehead atoms. The molecule has 15 rings (SSSR count). The zero-order chi connectivity index (χ0) is 50.2. The molecule has 0 spiro atoms. The molecule has 12 aromatic carbocycles. The second-order valence-electron chi connectivity index (χ2n) is 20.3. The summed E-state index contributed by atoms with van der Waals surface area (Å²) >= 11 is 0. The lowest BCUT2D eigenvalue weighted by Gasteiger charge is -2.34. The Labute approximate surface area is 444 Å². The zero-order valence-electron chi connectivity index (χ0n) is 41.8. The molecule has 14 aromatic rings. The molecule has 0 saturated carbocycles. The molecule has 76 heavy (non-hydrogen) atoms. The highest BCUT2D eigenvalue weighted by Gasteiger charge is 2.48. The van der Waals surface area contributed by atoms with Crippen molar-refractivity contribution in [2.75, 3.05) is 0 Å². The van der Waals surface area contributed by atoms with Gasteiger partial charge in [0.25, 0.3) is 0 Å². The molecular formula is C72H50N2Si2. The van der Waals surface area contributed by atoms with Crippen molar-refractivity contribution in [3.63, 3.8) is 0 Å². The Morgan fingerprint density at radius 2 is 0.671 bits per heavy atom. The van der Waals surface area contributed by atoms with Crippen LogP contribution in [0.2, 0.25) is 0 Å². The van der Waals surface area contributed by atoms with Crippen LogP contribution < -0.4 is 41.5 Å². The fourth-order valence-electron chi connectivity index (χ4n) is 13.4. The van der Waals surface area contributed by atoms with Gasteiger partial charge in [-0.05, 0) is 124 Å². The minimum absolute atomic E-state index is 1.14. The summed E-state index contributed by atoms with van der Waals surface area (Å²) in [6, 6.07) is 114. The molecule has 0 atom stereocenters. The van der Waals surface area contributed by atoms with Crippen molar-refractivity contribution in [3.05, 3.63) is 303 Å². The number of benzene rings is 12. The molecule has 0 unspecified atom stereocenters. The quantitative estimate of drug-likeness (QED) is 0.101. The Morgan fingerprint density at radius 3 is 1.26 bits per heavy atom. The normalized spacial score (nSPS) is 12.8. The van der Waals surface area contributed by atoms with E-state index in [1.165, 1.54) is 107 Å². The van der Waals surface area contributed by atoms with Crippen LogP contribution in [0.25, 0.3) is 77.2 Å². The van der Waals surface area contributed by atoms with Crippen molar-refractivity contribution in [2.45, 2.75) is 0 Å². The van der Waals surface area contributed by atoms with E-state index in [4.69, 9.17) is 0 Å². The zero-order valence-corrected chi connectivity index (χ0v) is 43.8. The van der Waals surface area contributed by atoms with Gasteiger partial charge in [0.05, 0.1) is 22.1 Å². The minimum atomic E-state index is -2.77. The van der Waals surface area contributed by atoms with Crippen LogP contribution in [0.4, 0.5) is 0 Å². The van der Waals surface area contributed by atoms with Crippen LogP contribution in [0.3, 0.4) is 0 Å². The molecule has 2 aromatic heterocycles. The fourth-order valence-corrected chi connectivity index (χ4v) is 23.3. The lowest BCUT2D eigenvalue weighted by Crippen LogP contribution is -2.74. The average Bonchev–Trinajstić information content (AvgIpc) is 4.13. The molecule has 4 heteroatoms. The number of aromatic nitrogens is 2. The van der Waals surface area contributed by atoms with Gasteiger partial charge in [0, 0.05) is 32.9 Å². The molecule has 1 aliphatic rings. The summed E-state index contributed by atoms with van der Waals surface area (Å²) in [5.41, 5.74) is 12.2. The van der Waals surface area contributed by atoms with E-state index in [0.29, 0.717) is 0 Å². The standard InChI is InChI=1S/C72H50N2Si2/c1-6-24-55(25-7-1)75(56-26-8-2-9-27-56,57-28-10-3-11-29-57)60-34-22-23-53(49-60)73-68-39-20-17-36-62(68)65-50-54(43-45-70(65)73)74-67-38-19-16-35-61(67)64-47-51(41-44-69(64)74)52-42-46-72-66(48-52)63-37-18-21-40-71(63)76(72,58-30-12-4-13-31-58)59-32-14-5-15-33-59/h1-50H. The van der Waals surface area contributed by atoms with Gasteiger partial charge in [0.15, 0.2) is 16.1 Å². The van der Waals surface area contributed by atoms with Crippen molar-refractivity contribution in [1.29, 1.82) is 0 Å². The monoisotopic (exact) mass is 998 g/mol. The molecule has 0 saturated heterocycles. The van der Waals surface area contributed by atoms with Crippen LogP contribution in [0.5, 0.6) is 0 Å². The highest BCUT2D eigenvalue weighted by atomic mass is 28.3. The van der Waals surface area contributed by atoms with E-state index in [0.717, 1.165) is 11.4 Å². The van der Waals surface area contributed by atoms with Crippen molar-refractivity contribution >= 4 is 101 Å². The van der Waals surface area contributed by atoms with E-state index in [9.17, 15) is 0 Å². The number of para-hydroxylation sites is 2. The Morgan fingerprint density at radius 1 is 0.250 bits per heavy atom. The smallest absolute Gasteiger partial charge is 0.180 e. The Hall–Kier alpha value is -9.33.